The molecular weight excluding hydrogens is 286 g/mol. The molecule has 1 aliphatic rings. The van der Waals surface area contributed by atoms with Crippen molar-refractivity contribution in [3.05, 3.63) is 42.1 Å². The third-order valence-corrected chi connectivity index (χ3v) is 5.19. The Hall–Kier alpha value is -1.50. The van der Waals surface area contributed by atoms with Gasteiger partial charge in [-0.3, -0.25) is 4.98 Å². The van der Waals surface area contributed by atoms with E-state index in [1.165, 1.54) is 0 Å². The minimum Gasteiger partial charge on any atom is -0.329 e. The molecule has 0 saturated heterocycles. The van der Waals surface area contributed by atoms with E-state index in [0.29, 0.717) is 18.0 Å². The Morgan fingerprint density at radius 3 is 2.76 bits per heavy atom. The van der Waals surface area contributed by atoms with Gasteiger partial charge >= 0.3 is 0 Å². The number of fused-ring (bicyclic) bond motifs is 1. The van der Waals surface area contributed by atoms with Crippen LogP contribution in [0.4, 0.5) is 0 Å². The van der Waals surface area contributed by atoms with E-state index in [4.69, 9.17) is 5.73 Å². The Morgan fingerprint density at radius 1 is 1.29 bits per heavy atom. The third kappa shape index (κ3) is 3.40. The summed E-state index contributed by atoms with van der Waals surface area (Å²) in [5.74, 6) is 0.334. The van der Waals surface area contributed by atoms with E-state index in [9.17, 15) is 8.42 Å². The van der Waals surface area contributed by atoms with E-state index in [-0.39, 0.29) is 11.8 Å². The Bertz CT molecular complexity index is 736. The molecule has 112 valence electrons. The van der Waals surface area contributed by atoms with Gasteiger partial charge in [-0.1, -0.05) is 24.3 Å². The molecule has 0 aliphatic heterocycles. The molecule has 1 atom stereocenters. The zero-order valence-corrected chi connectivity index (χ0v) is 12.5. The van der Waals surface area contributed by atoms with E-state index in [0.717, 1.165) is 23.7 Å². The number of rotatable bonds is 6. The highest BCUT2D eigenvalue weighted by Crippen LogP contribution is 2.32. The average Bonchev–Trinajstić information content (AvgIpc) is 3.29. The second-order valence-corrected chi connectivity index (χ2v) is 7.30. The summed E-state index contributed by atoms with van der Waals surface area (Å²) >= 11 is 0. The highest BCUT2D eigenvalue weighted by atomic mass is 32.2. The smallest absolute Gasteiger partial charge is 0.216 e. The lowest BCUT2D eigenvalue weighted by Gasteiger charge is -2.16. The number of sulfonamides is 1. The number of nitrogens with zero attached hydrogens (tertiary/aromatic N) is 1. The van der Waals surface area contributed by atoms with Crippen LogP contribution in [0.2, 0.25) is 0 Å². The summed E-state index contributed by atoms with van der Waals surface area (Å²) < 4.78 is 27.4. The van der Waals surface area contributed by atoms with Gasteiger partial charge in [-0.15, -0.1) is 0 Å². The number of hydrogen-bond acceptors (Lipinski definition) is 4. The van der Waals surface area contributed by atoms with Crippen molar-refractivity contribution in [3.63, 3.8) is 0 Å². The highest BCUT2D eigenvalue weighted by molar-refractivity contribution is 7.88. The highest BCUT2D eigenvalue weighted by Gasteiger charge is 2.33. The lowest BCUT2D eigenvalue weighted by molar-refractivity contribution is 0.518. The van der Waals surface area contributed by atoms with Crippen LogP contribution in [0.1, 0.15) is 18.4 Å². The summed E-state index contributed by atoms with van der Waals surface area (Å²) in [7, 11) is -3.41. The number of hydrogen-bond donors (Lipinski definition) is 2. The molecule has 1 heterocycles. The first-order valence-electron chi connectivity index (χ1n) is 7.12. The lowest BCUT2D eigenvalue weighted by Crippen LogP contribution is -2.42. The van der Waals surface area contributed by atoms with Gasteiger partial charge in [-0.2, -0.15) is 0 Å². The van der Waals surface area contributed by atoms with E-state index >= 15 is 0 Å². The molecule has 1 fully saturated rings. The summed E-state index contributed by atoms with van der Waals surface area (Å²) in [5.41, 5.74) is 7.12. The number of para-hydroxylation sites is 1. The van der Waals surface area contributed by atoms with Crippen LogP contribution in [-0.4, -0.2) is 26.0 Å². The van der Waals surface area contributed by atoms with E-state index < -0.39 is 10.0 Å². The number of nitrogens with one attached hydrogen (secondary N) is 1. The predicted octanol–water partition coefficient (Wildman–Crippen LogP) is 1.39. The van der Waals surface area contributed by atoms with Gasteiger partial charge < -0.3 is 5.73 Å². The SMILES string of the molecule is NC[C@@H](NS(=O)(=O)Cc1cccc2cccnc12)C1CC1. The summed E-state index contributed by atoms with van der Waals surface area (Å²) in [6, 6.07) is 9.23. The van der Waals surface area contributed by atoms with Crippen molar-refractivity contribution in [2.75, 3.05) is 6.54 Å². The zero-order chi connectivity index (χ0) is 14.9. The first-order valence-corrected chi connectivity index (χ1v) is 8.77. The molecule has 1 saturated carbocycles. The molecule has 1 aromatic heterocycles. The van der Waals surface area contributed by atoms with Crippen molar-refractivity contribution in [2.24, 2.45) is 11.7 Å². The molecule has 3 rings (SSSR count). The second-order valence-electron chi connectivity index (χ2n) is 5.55. The largest absolute Gasteiger partial charge is 0.329 e. The van der Waals surface area contributed by atoms with Crippen molar-refractivity contribution in [1.29, 1.82) is 0 Å². The predicted molar refractivity (Wildman–Crippen MR) is 83.1 cm³/mol. The van der Waals surface area contributed by atoms with Crippen molar-refractivity contribution in [2.45, 2.75) is 24.6 Å². The maximum absolute atomic E-state index is 12.4. The summed E-state index contributed by atoms with van der Waals surface area (Å²) in [6.45, 7) is 0.345. The Kier molecular flexibility index (Phi) is 3.93. The molecule has 6 heteroatoms. The molecule has 3 N–H and O–H groups in total. The Morgan fingerprint density at radius 2 is 2.05 bits per heavy atom. The Balaban J connectivity index is 1.83. The quantitative estimate of drug-likeness (QED) is 0.844. The van der Waals surface area contributed by atoms with Crippen LogP contribution in [0.5, 0.6) is 0 Å². The van der Waals surface area contributed by atoms with E-state index in [1.54, 1.807) is 6.20 Å². The van der Waals surface area contributed by atoms with Crippen LogP contribution in [-0.2, 0) is 15.8 Å². The minimum atomic E-state index is -3.41. The molecule has 21 heavy (non-hydrogen) atoms. The van der Waals surface area contributed by atoms with E-state index in [1.807, 2.05) is 30.3 Å². The number of pyridine rings is 1. The molecule has 0 bridgehead atoms. The van der Waals surface area contributed by atoms with Crippen LogP contribution >= 0.6 is 0 Å². The van der Waals surface area contributed by atoms with Gasteiger partial charge in [0, 0.05) is 24.2 Å². The Labute approximate surface area is 124 Å². The van der Waals surface area contributed by atoms with Crippen molar-refractivity contribution < 1.29 is 8.42 Å². The van der Waals surface area contributed by atoms with Gasteiger partial charge in [-0.05, 0) is 30.4 Å². The van der Waals surface area contributed by atoms with Crippen LogP contribution in [0.25, 0.3) is 10.9 Å². The number of benzene rings is 1. The topological polar surface area (TPSA) is 85.1 Å². The monoisotopic (exact) mass is 305 g/mol. The fourth-order valence-corrected chi connectivity index (χ4v) is 4.07. The molecular formula is C15H19N3O2S. The van der Waals surface area contributed by atoms with Gasteiger partial charge in [0.2, 0.25) is 10.0 Å². The van der Waals surface area contributed by atoms with Crippen LogP contribution in [0.3, 0.4) is 0 Å². The van der Waals surface area contributed by atoms with Crippen LogP contribution < -0.4 is 10.5 Å². The van der Waals surface area contributed by atoms with E-state index in [2.05, 4.69) is 9.71 Å². The lowest BCUT2D eigenvalue weighted by atomic mass is 10.1. The normalized spacial score (nSPS) is 17.0. The first kappa shape index (κ1) is 14.4. The van der Waals surface area contributed by atoms with Crippen LogP contribution in [0, 0.1) is 5.92 Å². The average molecular weight is 305 g/mol. The molecule has 5 nitrogen and oxygen atoms in total. The molecule has 1 aromatic carbocycles. The maximum Gasteiger partial charge on any atom is 0.216 e. The van der Waals surface area contributed by atoms with Gasteiger partial charge in [0.25, 0.3) is 0 Å². The van der Waals surface area contributed by atoms with Crippen molar-refractivity contribution in [1.82, 2.24) is 9.71 Å². The molecule has 1 aliphatic carbocycles. The maximum atomic E-state index is 12.4. The minimum absolute atomic E-state index is 0.0649. The second kappa shape index (κ2) is 5.71. The molecule has 0 amide bonds. The third-order valence-electron chi connectivity index (χ3n) is 3.84. The fraction of sp³-hybridized carbons (Fsp3) is 0.400. The first-order chi connectivity index (χ1) is 10.1. The van der Waals surface area contributed by atoms with Gasteiger partial charge in [0.05, 0.1) is 11.3 Å². The fourth-order valence-electron chi connectivity index (χ4n) is 2.60. The zero-order valence-electron chi connectivity index (χ0n) is 11.7. The van der Waals surface area contributed by atoms with Gasteiger partial charge in [-0.25, -0.2) is 13.1 Å². The van der Waals surface area contributed by atoms with Crippen molar-refractivity contribution in [3.8, 4) is 0 Å². The molecule has 2 aromatic rings. The molecule has 0 spiro atoms. The summed E-state index contributed by atoms with van der Waals surface area (Å²) in [5, 5.41) is 0.947. The summed E-state index contributed by atoms with van der Waals surface area (Å²) in [6.07, 6.45) is 3.79. The molecule has 0 unspecified atom stereocenters. The van der Waals surface area contributed by atoms with Crippen LogP contribution in [0.15, 0.2) is 36.5 Å². The molecule has 0 radical (unpaired) electrons. The number of nitrogens with two attached hydrogens (primary N) is 1. The van der Waals surface area contributed by atoms with Crippen molar-refractivity contribution >= 4 is 20.9 Å². The summed E-state index contributed by atoms with van der Waals surface area (Å²) in [4.78, 5) is 4.30. The van der Waals surface area contributed by atoms with Gasteiger partial charge in [0.15, 0.2) is 0 Å². The number of aromatic nitrogens is 1. The standard InChI is InChI=1S/C15H19N3O2S/c16-9-14(11-6-7-11)18-21(19,20)10-13-4-1-3-12-5-2-8-17-15(12)13/h1-5,8,11,14,18H,6-7,9-10,16H2/t14-/m1/s1. The van der Waals surface area contributed by atoms with Gasteiger partial charge in [0.1, 0.15) is 0 Å².